The molecule has 0 aliphatic rings. The molecule has 0 aliphatic heterocycles. The third-order valence-corrected chi connectivity index (χ3v) is 1.91. The van der Waals surface area contributed by atoms with Crippen LogP contribution in [0.1, 0.15) is 13.0 Å². The number of nitro groups is 1. The highest BCUT2D eigenvalue weighted by atomic mass is 35.5. The Bertz CT molecular complexity index is 315. The molecule has 0 radical (unpaired) electrons. The Kier molecular flexibility index (Phi) is 4.37. The molecule has 0 unspecified atom stereocenters. The molecule has 1 aromatic rings. The van der Waals surface area contributed by atoms with Crippen LogP contribution in [0.4, 0.5) is 5.69 Å². The molecule has 1 aromatic carbocycles. The molecule has 13 heavy (non-hydrogen) atoms. The van der Waals surface area contributed by atoms with Gasteiger partial charge in [0, 0.05) is 12.6 Å². The fourth-order valence-electron chi connectivity index (χ4n) is 0.865. The zero-order valence-electron chi connectivity index (χ0n) is 6.16. The van der Waals surface area contributed by atoms with Crippen molar-refractivity contribution in [2.45, 2.75) is 14.0 Å². The first-order valence-corrected chi connectivity index (χ1v) is 3.66. The van der Waals surface area contributed by atoms with Crippen molar-refractivity contribution >= 4 is 17.3 Å². The van der Waals surface area contributed by atoms with Crippen LogP contribution in [-0.4, -0.2) is 4.92 Å². The molecule has 0 bridgehead atoms. The molecule has 0 spiro atoms. The number of halogens is 1. The van der Waals surface area contributed by atoms with E-state index < -0.39 is 4.92 Å². The van der Waals surface area contributed by atoms with Gasteiger partial charge >= 0.3 is 0 Å². The van der Waals surface area contributed by atoms with Gasteiger partial charge in [0.05, 0.1) is 4.92 Å². The maximum atomic E-state index is 10.4. The van der Waals surface area contributed by atoms with Gasteiger partial charge in [-0.05, 0) is 5.56 Å². The van der Waals surface area contributed by atoms with Gasteiger partial charge in [-0.2, -0.15) is 0 Å². The lowest BCUT2D eigenvalue weighted by Crippen LogP contribution is -1.99. The molecule has 0 aromatic heterocycles. The van der Waals surface area contributed by atoms with Gasteiger partial charge in [0.1, 0.15) is 5.02 Å². The maximum Gasteiger partial charge on any atom is 0.288 e. The second kappa shape index (κ2) is 4.79. The minimum atomic E-state index is -0.526. The average Bonchev–Trinajstić information content (AvgIpc) is 2.04. The summed E-state index contributed by atoms with van der Waals surface area (Å²) in [5.74, 6) is 0. The molecule has 0 saturated heterocycles. The summed E-state index contributed by atoms with van der Waals surface area (Å²) in [6.45, 7) is 0.209. The molecule has 0 fully saturated rings. The Labute approximate surface area is 81.5 Å². The summed E-state index contributed by atoms with van der Waals surface area (Å²) in [4.78, 5) is 9.84. The molecule has 5 heteroatoms. The van der Waals surface area contributed by atoms with Crippen LogP contribution in [0.5, 0.6) is 0 Å². The van der Waals surface area contributed by atoms with Gasteiger partial charge in [0.15, 0.2) is 0 Å². The Morgan fingerprint density at radius 2 is 2.15 bits per heavy atom. The predicted molar refractivity (Wildman–Crippen MR) is 52.7 cm³/mol. The van der Waals surface area contributed by atoms with Crippen LogP contribution in [0.25, 0.3) is 0 Å². The minimum Gasteiger partial charge on any atom is -0.326 e. The van der Waals surface area contributed by atoms with E-state index in [0.29, 0.717) is 5.56 Å². The average molecular weight is 203 g/mol. The number of benzene rings is 1. The molecule has 0 aliphatic carbocycles. The highest BCUT2D eigenvalue weighted by Crippen LogP contribution is 2.26. The van der Waals surface area contributed by atoms with Crippen molar-refractivity contribution in [3.63, 3.8) is 0 Å². The lowest BCUT2D eigenvalue weighted by Gasteiger charge is -1.99. The second-order valence-electron chi connectivity index (χ2n) is 2.21. The van der Waals surface area contributed by atoms with Crippen molar-refractivity contribution in [2.24, 2.45) is 5.73 Å². The molecular formula is C8H11ClN2O2. The van der Waals surface area contributed by atoms with Gasteiger partial charge in [0.2, 0.25) is 0 Å². The summed E-state index contributed by atoms with van der Waals surface area (Å²) in [5, 5.41) is 10.5. The Hall–Kier alpha value is -1.13. The number of hydrogen-bond donors (Lipinski definition) is 1. The fraction of sp³-hybridized carbons (Fsp3) is 0.250. The summed E-state index contributed by atoms with van der Waals surface area (Å²) in [7, 11) is 0. The van der Waals surface area contributed by atoms with Crippen molar-refractivity contribution < 1.29 is 4.92 Å². The number of nitrogens with zero attached hydrogens (tertiary/aromatic N) is 1. The van der Waals surface area contributed by atoms with E-state index in [1.165, 1.54) is 6.07 Å². The quantitative estimate of drug-likeness (QED) is 0.591. The fourth-order valence-corrected chi connectivity index (χ4v) is 1.14. The highest BCUT2D eigenvalue weighted by molar-refractivity contribution is 6.33. The molecule has 4 nitrogen and oxygen atoms in total. The monoisotopic (exact) mass is 202 g/mol. The smallest absolute Gasteiger partial charge is 0.288 e. The van der Waals surface area contributed by atoms with Gasteiger partial charge in [-0.1, -0.05) is 31.2 Å². The lowest BCUT2D eigenvalue weighted by molar-refractivity contribution is -0.384. The molecule has 2 N–H and O–H groups in total. The van der Waals surface area contributed by atoms with E-state index in [1.807, 2.05) is 0 Å². The van der Waals surface area contributed by atoms with Crippen LogP contribution in [0.3, 0.4) is 0 Å². The van der Waals surface area contributed by atoms with Crippen LogP contribution in [0.2, 0.25) is 5.02 Å². The number of nitro benzene ring substituents is 1. The molecule has 72 valence electrons. The summed E-state index contributed by atoms with van der Waals surface area (Å²) in [5.41, 5.74) is 5.80. The highest BCUT2D eigenvalue weighted by Gasteiger charge is 2.13. The third kappa shape index (κ3) is 2.40. The Balaban J connectivity index is 0.00000144. The van der Waals surface area contributed by atoms with Crippen molar-refractivity contribution in [1.82, 2.24) is 0 Å². The lowest BCUT2D eigenvalue weighted by atomic mass is 10.2. The van der Waals surface area contributed by atoms with Crippen LogP contribution < -0.4 is 5.73 Å². The van der Waals surface area contributed by atoms with E-state index >= 15 is 0 Å². The molecule has 1 rings (SSSR count). The van der Waals surface area contributed by atoms with Gasteiger partial charge in [-0.3, -0.25) is 10.1 Å². The van der Waals surface area contributed by atoms with E-state index in [4.69, 9.17) is 17.3 Å². The van der Waals surface area contributed by atoms with E-state index in [9.17, 15) is 10.1 Å². The third-order valence-electron chi connectivity index (χ3n) is 1.47. The number of rotatable bonds is 2. The van der Waals surface area contributed by atoms with Crippen LogP contribution in [0.15, 0.2) is 18.2 Å². The summed E-state index contributed by atoms with van der Waals surface area (Å²) in [6, 6.07) is 4.57. The van der Waals surface area contributed by atoms with Crippen LogP contribution in [-0.2, 0) is 6.54 Å². The zero-order chi connectivity index (χ0) is 9.14. The van der Waals surface area contributed by atoms with Crippen molar-refractivity contribution in [1.29, 1.82) is 0 Å². The number of nitrogens with two attached hydrogens (primary N) is 1. The van der Waals surface area contributed by atoms with Crippen molar-refractivity contribution in [3.8, 4) is 0 Å². The largest absolute Gasteiger partial charge is 0.326 e. The SMILES string of the molecule is C.NCc1cccc([N+](=O)[O-])c1Cl. The Morgan fingerprint density at radius 1 is 1.54 bits per heavy atom. The van der Waals surface area contributed by atoms with Crippen molar-refractivity contribution in [3.05, 3.63) is 38.9 Å². The normalized spacial score (nSPS) is 9.08. The molecule has 0 amide bonds. The van der Waals surface area contributed by atoms with E-state index in [2.05, 4.69) is 0 Å². The summed E-state index contributed by atoms with van der Waals surface area (Å²) >= 11 is 5.68. The molecule has 0 saturated carbocycles. The van der Waals surface area contributed by atoms with Crippen molar-refractivity contribution in [2.75, 3.05) is 0 Å². The standard InChI is InChI=1S/C7H7ClN2O2.CH4/c8-7-5(4-9)2-1-3-6(7)10(11)12;/h1-3H,4,9H2;1H4. The molecule has 0 heterocycles. The minimum absolute atomic E-state index is 0. The molecule has 0 atom stereocenters. The summed E-state index contributed by atoms with van der Waals surface area (Å²) in [6.07, 6.45) is 0. The van der Waals surface area contributed by atoms with Gasteiger partial charge < -0.3 is 5.73 Å². The number of hydrogen-bond acceptors (Lipinski definition) is 3. The maximum absolute atomic E-state index is 10.4. The summed E-state index contributed by atoms with van der Waals surface area (Å²) < 4.78 is 0. The van der Waals surface area contributed by atoms with E-state index in [1.54, 1.807) is 12.1 Å². The second-order valence-corrected chi connectivity index (χ2v) is 2.59. The first-order valence-electron chi connectivity index (χ1n) is 3.28. The first kappa shape index (κ1) is 11.9. The van der Waals surface area contributed by atoms with Gasteiger partial charge in [-0.15, -0.1) is 0 Å². The first-order chi connectivity index (χ1) is 5.66. The molecular weight excluding hydrogens is 192 g/mol. The zero-order valence-corrected chi connectivity index (χ0v) is 6.91. The predicted octanol–water partition coefficient (Wildman–Crippen LogP) is 2.34. The Morgan fingerprint density at radius 3 is 2.62 bits per heavy atom. The van der Waals surface area contributed by atoms with Crippen LogP contribution in [0, 0.1) is 10.1 Å². The van der Waals surface area contributed by atoms with E-state index in [0.717, 1.165) is 0 Å². The van der Waals surface area contributed by atoms with Gasteiger partial charge in [0.25, 0.3) is 5.69 Å². The van der Waals surface area contributed by atoms with Crippen LogP contribution >= 0.6 is 11.6 Å². The van der Waals surface area contributed by atoms with E-state index in [-0.39, 0.29) is 24.7 Å². The topological polar surface area (TPSA) is 69.2 Å². The van der Waals surface area contributed by atoms with Gasteiger partial charge in [-0.25, -0.2) is 0 Å².